The molecule has 0 saturated carbocycles. The molecule has 0 spiro atoms. The monoisotopic (exact) mass is 283 g/mol. The minimum atomic E-state index is -0.251. The Labute approximate surface area is 121 Å². The van der Waals surface area contributed by atoms with E-state index in [1.807, 2.05) is 6.92 Å². The third-order valence-electron chi connectivity index (χ3n) is 3.61. The van der Waals surface area contributed by atoms with E-state index in [0.29, 0.717) is 17.2 Å². The van der Waals surface area contributed by atoms with Crippen molar-refractivity contribution in [2.24, 2.45) is 5.92 Å². The van der Waals surface area contributed by atoms with Crippen LogP contribution in [0.15, 0.2) is 18.2 Å². The van der Waals surface area contributed by atoms with Crippen LogP contribution in [0.1, 0.15) is 44.7 Å². The number of benzene rings is 1. The molecule has 114 valence electrons. The maximum absolute atomic E-state index is 13.9. The molecular weight excluding hydrogens is 257 g/mol. The number of aliphatic hydroxyl groups excluding tert-OH is 1. The Morgan fingerprint density at radius 1 is 1.35 bits per heavy atom. The number of methoxy groups -OCH3 is 1. The molecule has 0 radical (unpaired) electrons. The Morgan fingerprint density at radius 3 is 2.70 bits per heavy atom. The van der Waals surface area contributed by atoms with E-state index in [2.05, 4.69) is 12.2 Å². The van der Waals surface area contributed by atoms with E-state index in [1.165, 1.54) is 6.07 Å². The number of rotatable bonds is 9. The number of aliphatic hydroxyl groups is 1. The highest BCUT2D eigenvalue weighted by Gasteiger charge is 2.17. The van der Waals surface area contributed by atoms with Gasteiger partial charge in [-0.3, -0.25) is 0 Å². The van der Waals surface area contributed by atoms with Crippen LogP contribution in [-0.4, -0.2) is 25.4 Å². The molecule has 0 aliphatic heterocycles. The van der Waals surface area contributed by atoms with Crippen molar-refractivity contribution < 1.29 is 14.2 Å². The summed E-state index contributed by atoms with van der Waals surface area (Å²) in [4.78, 5) is 0. The van der Waals surface area contributed by atoms with Crippen LogP contribution in [0.25, 0.3) is 0 Å². The van der Waals surface area contributed by atoms with Crippen LogP contribution < -0.4 is 10.1 Å². The van der Waals surface area contributed by atoms with Crippen molar-refractivity contribution in [1.82, 2.24) is 5.32 Å². The van der Waals surface area contributed by atoms with Gasteiger partial charge in [0.2, 0.25) is 0 Å². The number of hydrogen-bond donors (Lipinski definition) is 2. The highest BCUT2D eigenvalue weighted by molar-refractivity contribution is 5.36. The number of hydrogen-bond acceptors (Lipinski definition) is 3. The summed E-state index contributed by atoms with van der Waals surface area (Å²) in [6, 6.07) is 4.75. The second-order valence-corrected chi connectivity index (χ2v) is 5.15. The summed E-state index contributed by atoms with van der Waals surface area (Å²) in [7, 11) is 1.55. The van der Waals surface area contributed by atoms with Crippen molar-refractivity contribution >= 4 is 0 Å². The lowest BCUT2D eigenvalue weighted by atomic mass is 9.99. The van der Waals surface area contributed by atoms with Crippen LogP contribution >= 0.6 is 0 Å². The zero-order valence-corrected chi connectivity index (χ0v) is 12.7. The van der Waals surface area contributed by atoms with Gasteiger partial charge >= 0.3 is 0 Å². The van der Waals surface area contributed by atoms with Gasteiger partial charge in [-0.15, -0.1) is 0 Å². The fraction of sp³-hybridized carbons (Fsp3) is 0.625. The molecule has 2 atom stereocenters. The average molecular weight is 283 g/mol. The minimum absolute atomic E-state index is 0.121. The van der Waals surface area contributed by atoms with E-state index in [0.717, 1.165) is 25.8 Å². The van der Waals surface area contributed by atoms with Crippen molar-refractivity contribution in [1.29, 1.82) is 0 Å². The minimum Gasteiger partial charge on any atom is -0.496 e. The summed E-state index contributed by atoms with van der Waals surface area (Å²) in [6.45, 7) is 5.04. The van der Waals surface area contributed by atoms with E-state index < -0.39 is 0 Å². The maximum atomic E-state index is 13.9. The second-order valence-electron chi connectivity index (χ2n) is 5.15. The smallest absolute Gasteiger partial charge is 0.131 e. The Balaban J connectivity index is 2.68. The largest absolute Gasteiger partial charge is 0.496 e. The van der Waals surface area contributed by atoms with Gasteiger partial charge in [0.05, 0.1) is 7.11 Å². The highest BCUT2D eigenvalue weighted by Crippen LogP contribution is 2.27. The molecule has 0 aliphatic rings. The first-order valence-corrected chi connectivity index (χ1v) is 7.30. The zero-order valence-electron chi connectivity index (χ0n) is 12.7. The summed E-state index contributed by atoms with van der Waals surface area (Å²) in [5.41, 5.74) is 0.564. The van der Waals surface area contributed by atoms with E-state index in [1.54, 1.807) is 19.2 Å². The fourth-order valence-corrected chi connectivity index (χ4v) is 2.50. The number of ether oxygens (including phenoxy) is 1. The summed E-state index contributed by atoms with van der Waals surface area (Å²) < 4.78 is 19.2. The molecule has 1 aromatic carbocycles. The van der Waals surface area contributed by atoms with Gasteiger partial charge in [-0.1, -0.05) is 19.4 Å². The molecule has 0 aliphatic carbocycles. The van der Waals surface area contributed by atoms with Crippen LogP contribution in [0.4, 0.5) is 4.39 Å². The highest BCUT2D eigenvalue weighted by atomic mass is 19.1. The second kappa shape index (κ2) is 8.93. The Kier molecular flexibility index (Phi) is 7.55. The van der Waals surface area contributed by atoms with Crippen molar-refractivity contribution in [3.8, 4) is 5.75 Å². The molecule has 2 unspecified atom stereocenters. The third kappa shape index (κ3) is 4.76. The van der Waals surface area contributed by atoms with Gasteiger partial charge in [-0.25, -0.2) is 4.39 Å². The molecule has 0 fully saturated rings. The quantitative estimate of drug-likeness (QED) is 0.731. The van der Waals surface area contributed by atoms with Crippen LogP contribution in [0.5, 0.6) is 5.75 Å². The van der Waals surface area contributed by atoms with Gasteiger partial charge in [0.25, 0.3) is 0 Å². The topological polar surface area (TPSA) is 41.5 Å². The lowest BCUT2D eigenvalue weighted by Gasteiger charge is -2.22. The molecule has 0 saturated heterocycles. The van der Waals surface area contributed by atoms with Crippen LogP contribution in [0.3, 0.4) is 0 Å². The molecule has 1 rings (SSSR count). The van der Waals surface area contributed by atoms with Crippen LogP contribution in [-0.2, 0) is 0 Å². The standard InChI is InChI=1S/C16H26FNO2/c1-4-6-13(9-10-19)11-18-12(2)16-14(17)7-5-8-15(16)20-3/h5,7-8,12-13,18-19H,4,6,9-11H2,1-3H3. The molecule has 4 heteroatoms. The predicted molar refractivity (Wildman–Crippen MR) is 79.5 cm³/mol. The van der Waals surface area contributed by atoms with Crippen molar-refractivity contribution in [2.45, 2.75) is 39.2 Å². The molecule has 0 aromatic heterocycles. The summed E-state index contributed by atoms with van der Waals surface area (Å²) in [5.74, 6) is 0.739. The molecule has 0 bridgehead atoms. The Bertz CT molecular complexity index is 392. The first-order valence-electron chi connectivity index (χ1n) is 7.30. The van der Waals surface area contributed by atoms with Gasteiger partial charge in [-0.05, 0) is 44.4 Å². The maximum Gasteiger partial charge on any atom is 0.131 e. The van der Waals surface area contributed by atoms with E-state index in [9.17, 15) is 4.39 Å². The lowest BCUT2D eigenvalue weighted by Crippen LogP contribution is -2.27. The van der Waals surface area contributed by atoms with Crippen LogP contribution in [0.2, 0.25) is 0 Å². The van der Waals surface area contributed by atoms with E-state index in [-0.39, 0.29) is 18.5 Å². The average Bonchev–Trinajstić information content (AvgIpc) is 2.44. The first-order chi connectivity index (χ1) is 9.63. The van der Waals surface area contributed by atoms with Gasteiger partial charge in [-0.2, -0.15) is 0 Å². The SMILES string of the molecule is CCCC(CCO)CNC(C)c1c(F)cccc1OC. The predicted octanol–water partition coefficient (Wildman–Crippen LogP) is 3.28. The van der Waals surface area contributed by atoms with Gasteiger partial charge in [0.1, 0.15) is 11.6 Å². The lowest BCUT2D eigenvalue weighted by molar-refractivity contribution is 0.245. The van der Waals surface area contributed by atoms with Crippen LogP contribution in [0, 0.1) is 11.7 Å². The zero-order chi connectivity index (χ0) is 15.0. The molecule has 1 aromatic rings. The van der Waals surface area contributed by atoms with E-state index in [4.69, 9.17) is 9.84 Å². The molecule has 20 heavy (non-hydrogen) atoms. The molecule has 2 N–H and O–H groups in total. The van der Waals surface area contributed by atoms with Gasteiger partial charge in [0, 0.05) is 18.2 Å². The Hall–Kier alpha value is -1.13. The third-order valence-corrected chi connectivity index (χ3v) is 3.61. The molecule has 0 heterocycles. The first kappa shape index (κ1) is 16.9. The van der Waals surface area contributed by atoms with Gasteiger partial charge < -0.3 is 15.2 Å². The molecule has 0 amide bonds. The summed E-state index contributed by atoms with van der Waals surface area (Å²) in [6.07, 6.45) is 2.93. The fourth-order valence-electron chi connectivity index (χ4n) is 2.50. The van der Waals surface area contributed by atoms with Crippen molar-refractivity contribution in [3.05, 3.63) is 29.6 Å². The summed E-state index contributed by atoms with van der Waals surface area (Å²) in [5, 5.41) is 12.4. The normalized spacial score (nSPS) is 14.1. The Morgan fingerprint density at radius 2 is 2.10 bits per heavy atom. The van der Waals surface area contributed by atoms with E-state index >= 15 is 0 Å². The van der Waals surface area contributed by atoms with Gasteiger partial charge in [0.15, 0.2) is 0 Å². The van der Waals surface area contributed by atoms with Crippen molar-refractivity contribution in [2.75, 3.05) is 20.3 Å². The van der Waals surface area contributed by atoms with Crippen molar-refractivity contribution in [3.63, 3.8) is 0 Å². The number of nitrogens with one attached hydrogen (secondary N) is 1. The number of halogens is 1. The molecule has 3 nitrogen and oxygen atoms in total. The molecular formula is C16H26FNO2. The summed E-state index contributed by atoms with van der Waals surface area (Å²) >= 11 is 0.